The third-order valence-corrected chi connectivity index (χ3v) is 3.02. The van der Waals surface area contributed by atoms with Crippen molar-refractivity contribution in [2.45, 2.75) is 58.9 Å². The van der Waals surface area contributed by atoms with Gasteiger partial charge in [0, 0.05) is 12.2 Å². The molecule has 5 heteroatoms. The van der Waals surface area contributed by atoms with Crippen LogP contribution in [-0.4, -0.2) is 27.1 Å². The minimum Gasteiger partial charge on any atom is -0.477 e. The van der Waals surface area contributed by atoms with Crippen molar-refractivity contribution >= 4 is 11.8 Å². The van der Waals surface area contributed by atoms with Crippen LogP contribution in [0, 0.1) is 6.92 Å². The fraction of sp³-hybridized carbons (Fsp3) is 0.643. The van der Waals surface area contributed by atoms with E-state index in [1.807, 2.05) is 0 Å². The SMILES string of the molecule is CCCCC(CCC)Nc1nc(C)ncc1C(=O)O. The van der Waals surface area contributed by atoms with E-state index in [0.717, 1.165) is 32.1 Å². The summed E-state index contributed by atoms with van der Waals surface area (Å²) in [4.78, 5) is 19.3. The van der Waals surface area contributed by atoms with Crippen LogP contribution in [-0.2, 0) is 0 Å². The van der Waals surface area contributed by atoms with E-state index in [0.29, 0.717) is 11.6 Å². The zero-order valence-corrected chi connectivity index (χ0v) is 11.9. The highest BCUT2D eigenvalue weighted by Crippen LogP contribution is 2.17. The molecule has 0 saturated carbocycles. The predicted octanol–water partition coefficient (Wildman–Crippen LogP) is 3.25. The number of nitrogens with one attached hydrogen (secondary N) is 1. The van der Waals surface area contributed by atoms with Gasteiger partial charge in [0.1, 0.15) is 17.2 Å². The maximum Gasteiger partial charge on any atom is 0.341 e. The molecule has 19 heavy (non-hydrogen) atoms. The van der Waals surface area contributed by atoms with Crippen LogP contribution in [0.3, 0.4) is 0 Å². The van der Waals surface area contributed by atoms with E-state index in [9.17, 15) is 4.79 Å². The van der Waals surface area contributed by atoms with Crippen LogP contribution >= 0.6 is 0 Å². The van der Waals surface area contributed by atoms with Crippen molar-refractivity contribution in [1.29, 1.82) is 0 Å². The minimum atomic E-state index is -0.992. The quantitative estimate of drug-likeness (QED) is 0.754. The van der Waals surface area contributed by atoms with E-state index >= 15 is 0 Å². The fourth-order valence-corrected chi connectivity index (χ4v) is 2.02. The van der Waals surface area contributed by atoms with Gasteiger partial charge in [-0.2, -0.15) is 0 Å². The second-order valence-corrected chi connectivity index (χ2v) is 4.76. The smallest absolute Gasteiger partial charge is 0.341 e. The predicted molar refractivity (Wildman–Crippen MR) is 75.6 cm³/mol. The molecule has 0 aliphatic rings. The van der Waals surface area contributed by atoms with Crippen LogP contribution in [0.4, 0.5) is 5.82 Å². The molecule has 0 aliphatic carbocycles. The molecule has 0 radical (unpaired) electrons. The molecule has 1 aromatic rings. The molecule has 0 amide bonds. The zero-order valence-electron chi connectivity index (χ0n) is 11.9. The van der Waals surface area contributed by atoms with Crippen molar-refractivity contribution in [3.05, 3.63) is 17.6 Å². The van der Waals surface area contributed by atoms with Gasteiger partial charge in [0.05, 0.1) is 0 Å². The highest BCUT2D eigenvalue weighted by Gasteiger charge is 2.16. The van der Waals surface area contributed by atoms with E-state index < -0.39 is 5.97 Å². The van der Waals surface area contributed by atoms with Crippen molar-refractivity contribution in [1.82, 2.24) is 9.97 Å². The van der Waals surface area contributed by atoms with Gasteiger partial charge < -0.3 is 10.4 Å². The number of nitrogens with zero attached hydrogens (tertiary/aromatic N) is 2. The van der Waals surface area contributed by atoms with E-state index in [2.05, 4.69) is 29.1 Å². The van der Waals surface area contributed by atoms with Gasteiger partial charge >= 0.3 is 5.97 Å². The Hall–Kier alpha value is -1.65. The van der Waals surface area contributed by atoms with Crippen LogP contribution < -0.4 is 5.32 Å². The molecule has 1 aromatic heterocycles. The summed E-state index contributed by atoms with van der Waals surface area (Å²) >= 11 is 0. The standard InChI is InChI=1S/C14H23N3O2/c1-4-6-8-11(7-5-2)17-13-12(14(18)19)9-15-10(3)16-13/h9,11H,4-8H2,1-3H3,(H,18,19)(H,15,16,17). The number of unbranched alkanes of at least 4 members (excludes halogenated alkanes) is 1. The summed E-state index contributed by atoms with van der Waals surface area (Å²) in [6, 6.07) is 0.275. The van der Waals surface area contributed by atoms with Crippen LogP contribution in [0.1, 0.15) is 62.1 Å². The summed E-state index contributed by atoms with van der Waals surface area (Å²) in [7, 11) is 0. The Morgan fingerprint density at radius 3 is 2.68 bits per heavy atom. The van der Waals surface area contributed by atoms with Gasteiger partial charge in [0.25, 0.3) is 0 Å². The molecule has 2 N–H and O–H groups in total. The first-order valence-corrected chi connectivity index (χ1v) is 6.91. The molecule has 106 valence electrons. The molecule has 0 aromatic carbocycles. The number of anilines is 1. The molecule has 0 bridgehead atoms. The number of carboxylic acid groups (broad SMARTS) is 1. The average Bonchev–Trinajstić information content (AvgIpc) is 2.36. The lowest BCUT2D eigenvalue weighted by molar-refractivity contribution is 0.0697. The normalized spacial score (nSPS) is 12.2. The summed E-state index contributed by atoms with van der Waals surface area (Å²) in [5, 5.41) is 12.4. The highest BCUT2D eigenvalue weighted by atomic mass is 16.4. The Balaban J connectivity index is 2.87. The number of aryl methyl sites for hydroxylation is 1. The van der Waals surface area contributed by atoms with Gasteiger partial charge in [0.15, 0.2) is 0 Å². The van der Waals surface area contributed by atoms with E-state index in [-0.39, 0.29) is 11.6 Å². The van der Waals surface area contributed by atoms with E-state index in [1.165, 1.54) is 6.20 Å². The van der Waals surface area contributed by atoms with Crippen molar-refractivity contribution in [3.8, 4) is 0 Å². The summed E-state index contributed by atoms with van der Waals surface area (Å²) in [5.41, 5.74) is 0.142. The first-order chi connectivity index (χ1) is 9.08. The average molecular weight is 265 g/mol. The molecule has 5 nitrogen and oxygen atoms in total. The first kappa shape index (κ1) is 15.4. The van der Waals surface area contributed by atoms with Crippen molar-refractivity contribution in [2.75, 3.05) is 5.32 Å². The third-order valence-electron chi connectivity index (χ3n) is 3.02. The molecule has 1 heterocycles. The van der Waals surface area contributed by atoms with Gasteiger partial charge in [0.2, 0.25) is 0 Å². The first-order valence-electron chi connectivity index (χ1n) is 6.91. The molecule has 1 rings (SSSR count). The Kier molecular flexibility index (Phi) is 6.25. The number of aromatic carboxylic acids is 1. The number of hydrogen-bond donors (Lipinski definition) is 2. The maximum atomic E-state index is 11.2. The minimum absolute atomic E-state index is 0.142. The number of carboxylic acids is 1. The lowest BCUT2D eigenvalue weighted by Gasteiger charge is -2.19. The third kappa shape index (κ3) is 4.85. The van der Waals surface area contributed by atoms with Crippen LogP contribution in [0.2, 0.25) is 0 Å². The van der Waals surface area contributed by atoms with E-state index in [4.69, 9.17) is 5.11 Å². The second kappa shape index (κ2) is 7.71. The van der Waals surface area contributed by atoms with Crippen molar-refractivity contribution in [3.63, 3.8) is 0 Å². The van der Waals surface area contributed by atoms with Crippen molar-refractivity contribution < 1.29 is 9.90 Å². The van der Waals surface area contributed by atoms with Gasteiger partial charge in [-0.1, -0.05) is 33.1 Å². The Labute approximate surface area is 114 Å². The summed E-state index contributed by atoms with van der Waals surface area (Å²) < 4.78 is 0. The number of aromatic nitrogens is 2. The van der Waals surface area contributed by atoms with Gasteiger partial charge in [-0.3, -0.25) is 0 Å². The molecule has 0 saturated heterocycles. The summed E-state index contributed by atoms with van der Waals surface area (Å²) in [5.74, 6) is 0.0287. The maximum absolute atomic E-state index is 11.2. The topological polar surface area (TPSA) is 75.1 Å². The monoisotopic (exact) mass is 265 g/mol. The molecule has 1 unspecified atom stereocenters. The van der Waals surface area contributed by atoms with Gasteiger partial charge in [-0.05, 0) is 19.8 Å². The largest absolute Gasteiger partial charge is 0.477 e. The van der Waals surface area contributed by atoms with Crippen LogP contribution in [0.15, 0.2) is 6.20 Å². The summed E-state index contributed by atoms with van der Waals surface area (Å²) in [6.07, 6.45) is 6.75. The van der Waals surface area contributed by atoms with Crippen molar-refractivity contribution in [2.24, 2.45) is 0 Å². The lowest BCUT2D eigenvalue weighted by atomic mass is 10.0. The number of hydrogen-bond acceptors (Lipinski definition) is 4. The number of carbonyl (C=O) groups is 1. The zero-order chi connectivity index (χ0) is 14.3. The molecule has 1 atom stereocenters. The second-order valence-electron chi connectivity index (χ2n) is 4.76. The Morgan fingerprint density at radius 1 is 1.37 bits per heavy atom. The Bertz CT molecular complexity index is 421. The lowest BCUT2D eigenvalue weighted by Crippen LogP contribution is -2.22. The van der Waals surface area contributed by atoms with Crippen LogP contribution in [0.5, 0.6) is 0 Å². The highest BCUT2D eigenvalue weighted by molar-refractivity contribution is 5.92. The molecule has 0 aliphatic heterocycles. The fourth-order valence-electron chi connectivity index (χ4n) is 2.02. The van der Waals surface area contributed by atoms with Gasteiger partial charge in [-0.15, -0.1) is 0 Å². The van der Waals surface area contributed by atoms with E-state index in [1.54, 1.807) is 6.92 Å². The molecular weight excluding hydrogens is 242 g/mol. The molecule has 0 spiro atoms. The molecule has 0 fully saturated rings. The molecular formula is C14H23N3O2. The van der Waals surface area contributed by atoms with Crippen LogP contribution in [0.25, 0.3) is 0 Å². The summed E-state index contributed by atoms with van der Waals surface area (Å²) in [6.45, 7) is 6.04. The number of rotatable bonds is 8. The van der Waals surface area contributed by atoms with Gasteiger partial charge in [-0.25, -0.2) is 14.8 Å². The Morgan fingerprint density at radius 2 is 2.11 bits per heavy atom.